The quantitative estimate of drug-likeness (QED) is 0.525. The summed E-state index contributed by atoms with van der Waals surface area (Å²) < 4.78 is 23.0. The van der Waals surface area contributed by atoms with Crippen LogP contribution in [0.4, 0.5) is 4.79 Å². The van der Waals surface area contributed by atoms with Crippen LogP contribution in [0.5, 0.6) is 5.75 Å². The van der Waals surface area contributed by atoms with Gasteiger partial charge in [0.25, 0.3) is 0 Å². The fraction of sp³-hybridized carbons (Fsp3) is 0.652. The van der Waals surface area contributed by atoms with Crippen LogP contribution in [0.25, 0.3) is 0 Å². The molecule has 1 aromatic rings. The average Bonchev–Trinajstić information content (AvgIpc) is 2.69. The van der Waals surface area contributed by atoms with E-state index in [0.29, 0.717) is 17.2 Å². The van der Waals surface area contributed by atoms with Crippen molar-refractivity contribution in [2.24, 2.45) is 5.92 Å². The summed E-state index contributed by atoms with van der Waals surface area (Å²) in [5, 5.41) is 0. The number of carbonyl (C=O) groups excluding carboxylic acids is 2. The van der Waals surface area contributed by atoms with Gasteiger partial charge in [-0.25, -0.2) is 9.59 Å². The molecule has 172 valence electrons. The van der Waals surface area contributed by atoms with Gasteiger partial charge < -0.3 is 23.8 Å². The normalized spacial score (nSPS) is 21.9. The van der Waals surface area contributed by atoms with Crippen molar-refractivity contribution in [3.8, 4) is 5.75 Å². The molecule has 0 spiro atoms. The SMILES string of the molecule is COC(=O)c1ccc(OC2CC(OCC3CCN(C(=O)OC(C)(C)C)CC3)C2)c(Br)c1. The number of piperidine rings is 1. The van der Waals surface area contributed by atoms with Gasteiger partial charge >= 0.3 is 12.1 Å². The summed E-state index contributed by atoms with van der Waals surface area (Å²) in [7, 11) is 1.36. The maximum Gasteiger partial charge on any atom is 0.410 e. The molecule has 0 unspecified atom stereocenters. The van der Waals surface area contributed by atoms with Crippen LogP contribution in [-0.2, 0) is 14.2 Å². The topological polar surface area (TPSA) is 74.3 Å². The molecule has 1 aliphatic heterocycles. The number of nitrogens with zero attached hydrogens (tertiary/aromatic N) is 1. The Bertz CT molecular complexity index is 779. The monoisotopic (exact) mass is 497 g/mol. The van der Waals surface area contributed by atoms with Gasteiger partial charge in [-0.15, -0.1) is 0 Å². The molecule has 0 atom stereocenters. The Morgan fingerprint density at radius 1 is 1.13 bits per heavy atom. The van der Waals surface area contributed by atoms with Crippen molar-refractivity contribution in [3.63, 3.8) is 0 Å². The molecule has 2 aliphatic rings. The highest BCUT2D eigenvalue weighted by molar-refractivity contribution is 9.10. The lowest BCUT2D eigenvalue weighted by Crippen LogP contribution is -2.43. The Hall–Kier alpha value is -1.80. The van der Waals surface area contributed by atoms with E-state index in [9.17, 15) is 9.59 Å². The van der Waals surface area contributed by atoms with E-state index in [1.165, 1.54) is 7.11 Å². The molecule has 3 rings (SSSR count). The molecule has 7 nitrogen and oxygen atoms in total. The van der Waals surface area contributed by atoms with Crippen LogP contribution in [0, 0.1) is 5.92 Å². The van der Waals surface area contributed by atoms with Gasteiger partial charge in [-0.05, 0) is 73.7 Å². The van der Waals surface area contributed by atoms with Crippen LogP contribution in [0.15, 0.2) is 22.7 Å². The number of benzene rings is 1. The van der Waals surface area contributed by atoms with E-state index < -0.39 is 5.60 Å². The molecule has 2 fully saturated rings. The molecule has 31 heavy (non-hydrogen) atoms. The maximum absolute atomic E-state index is 12.2. The summed E-state index contributed by atoms with van der Waals surface area (Å²) in [5.41, 5.74) is 0.0213. The third kappa shape index (κ3) is 6.84. The highest BCUT2D eigenvalue weighted by Crippen LogP contribution is 2.33. The summed E-state index contributed by atoms with van der Waals surface area (Å²) in [5.74, 6) is 0.811. The molecule has 1 amide bonds. The Kier molecular flexibility index (Phi) is 7.86. The first-order valence-corrected chi connectivity index (χ1v) is 11.6. The van der Waals surface area contributed by atoms with E-state index in [-0.39, 0.29) is 24.3 Å². The molecular formula is C23H32BrNO6. The number of rotatable bonds is 6. The zero-order valence-corrected chi connectivity index (χ0v) is 20.3. The molecule has 0 aromatic heterocycles. The van der Waals surface area contributed by atoms with E-state index in [0.717, 1.165) is 49.9 Å². The molecule has 1 aliphatic carbocycles. The Morgan fingerprint density at radius 3 is 2.39 bits per heavy atom. The van der Waals surface area contributed by atoms with Crippen molar-refractivity contribution in [1.82, 2.24) is 4.90 Å². The second-order valence-corrected chi connectivity index (χ2v) is 10.1. The Morgan fingerprint density at radius 2 is 1.81 bits per heavy atom. The minimum Gasteiger partial charge on any atom is -0.489 e. The molecule has 1 saturated carbocycles. The smallest absolute Gasteiger partial charge is 0.410 e. The molecule has 1 aromatic carbocycles. The van der Waals surface area contributed by atoms with E-state index >= 15 is 0 Å². The lowest BCUT2D eigenvalue weighted by atomic mass is 9.91. The van der Waals surface area contributed by atoms with Crippen LogP contribution in [0.3, 0.4) is 0 Å². The van der Waals surface area contributed by atoms with Gasteiger partial charge in [-0.1, -0.05) is 0 Å². The van der Waals surface area contributed by atoms with Crippen LogP contribution in [0.2, 0.25) is 0 Å². The van der Waals surface area contributed by atoms with Crippen LogP contribution < -0.4 is 4.74 Å². The molecule has 8 heteroatoms. The predicted octanol–water partition coefficient (Wildman–Crippen LogP) is 4.81. The van der Waals surface area contributed by atoms with E-state index in [1.807, 2.05) is 20.8 Å². The molecule has 0 bridgehead atoms. The summed E-state index contributed by atoms with van der Waals surface area (Å²) in [6.07, 6.45) is 3.67. The number of methoxy groups -OCH3 is 1. The number of esters is 1. The largest absolute Gasteiger partial charge is 0.489 e. The van der Waals surface area contributed by atoms with Crippen LogP contribution in [0.1, 0.15) is 56.8 Å². The molecule has 1 heterocycles. The highest BCUT2D eigenvalue weighted by Gasteiger charge is 2.33. The number of halogens is 1. The Balaban J connectivity index is 1.33. The van der Waals surface area contributed by atoms with Gasteiger partial charge in [-0.3, -0.25) is 0 Å². The number of hydrogen-bond donors (Lipinski definition) is 0. The van der Waals surface area contributed by atoms with E-state index in [1.54, 1.807) is 23.1 Å². The summed E-state index contributed by atoms with van der Waals surface area (Å²) in [6.45, 7) is 7.81. The van der Waals surface area contributed by atoms with E-state index in [4.69, 9.17) is 18.9 Å². The van der Waals surface area contributed by atoms with E-state index in [2.05, 4.69) is 15.9 Å². The molecule has 0 N–H and O–H groups in total. The number of amides is 1. The van der Waals surface area contributed by atoms with Crippen molar-refractivity contribution >= 4 is 28.0 Å². The number of carbonyl (C=O) groups is 2. The van der Waals surface area contributed by atoms with Crippen LogP contribution in [-0.4, -0.2) is 61.6 Å². The lowest BCUT2D eigenvalue weighted by Gasteiger charge is -2.37. The second kappa shape index (κ2) is 10.2. The first-order valence-electron chi connectivity index (χ1n) is 10.8. The zero-order chi connectivity index (χ0) is 22.6. The highest BCUT2D eigenvalue weighted by atomic mass is 79.9. The van der Waals surface area contributed by atoms with Crippen molar-refractivity contribution in [2.45, 2.75) is 64.3 Å². The predicted molar refractivity (Wildman–Crippen MR) is 119 cm³/mol. The summed E-state index contributed by atoms with van der Waals surface area (Å²) in [6, 6.07) is 5.18. The number of ether oxygens (including phenoxy) is 4. The summed E-state index contributed by atoms with van der Waals surface area (Å²) in [4.78, 5) is 25.5. The lowest BCUT2D eigenvalue weighted by molar-refractivity contribution is -0.0764. The summed E-state index contributed by atoms with van der Waals surface area (Å²) >= 11 is 3.45. The van der Waals surface area contributed by atoms with Crippen molar-refractivity contribution in [2.75, 3.05) is 26.8 Å². The third-order valence-electron chi connectivity index (χ3n) is 5.53. The van der Waals surface area contributed by atoms with Gasteiger partial charge in [0.15, 0.2) is 0 Å². The third-order valence-corrected chi connectivity index (χ3v) is 6.15. The zero-order valence-electron chi connectivity index (χ0n) is 18.7. The minimum atomic E-state index is -0.459. The minimum absolute atomic E-state index is 0.110. The van der Waals surface area contributed by atoms with Crippen LogP contribution >= 0.6 is 15.9 Å². The number of likely N-dealkylation sites (tertiary alicyclic amines) is 1. The fourth-order valence-electron chi connectivity index (χ4n) is 3.65. The fourth-order valence-corrected chi connectivity index (χ4v) is 4.12. The van der Waals surface area contributed by atoms with Gasteiger partial charge in [-0.2, -0.15) is 0 Å². The molecule has 1 saturated heterocycles. The van der Waals surface area contributed by atoms with Crippen molar-refractivity contribution in [3.05, 3.63) is 28.2 Å². The van der Waals surface area contributed by atoms with Crippen molar-refractivity contribution in [1.29, 1.82) is 0 Å². The standard InChI is InChI=1S/C23H32BrNO6/c1-23(2,3)31-22(27)25-9-7-15(8-10-25)14-29-17-12-18(13-17)30-20-6-5-16(11-19(20)24)21(26)28-4/h5-6,11,15,17-18H,7-10,12-14H2,1-4H3. The van der Waals surface area contributed by atoms with Gasteiger partial charge in [0.2, 0.25) is 0 Å². The first-order chi connectivity index (χ1) is 14.6. The van der Waals surface area contributed by atoms with Gasteiger partial charge in [0.1, 0.15) is 17.5 Å². The molecular weight excluding hydrogens is 466 g/mol. The molecule has 0 radical (unpaired) electrons. The Labute approximate surface area is 192 Å². The average molecular weight is 498 g/mol. The number of hydrogen-bond acceptors (Lipinski definition) is 6. The van der Waals surface area contributed by atoms with Crippen molar-refractivity contribution < 1.29 is 28.5 Å². The second-order valence-electron chi connectivity index (χ2n) is 9.21. The van der Waals surface area contributed by atoms with Gasteiger partial charge in [0, 0.05) is 32.5 Å². The van der Waals surface area contributed by atoms with Gasteiger partial charge in [0.05, 0.1) is 23.2 Å². The maximum atomic E-state index is 12.2. The first kappa shape index (κ1) is 23.9.